The van der Waals surface area contributed by atoms with Gasteiger partial charge in [0.05, 0.1) is 11.0 Å². The molecule has 1 atom stereocenters. The van der Waals surface area contributed by atoms with E-state index in [-0.39, 0.29) is 4.99 Å². The van der Waals surface area contributed by atoms with E-state index in [9.17, 15) is 13.2 Å². The van der Waals surface area contributed by atoms with Crippen LogP contribution in [0.15, 0.2) is 0 Å². The normalized spacial score (nSPS) is 13.6. The van der Waals surface area contributed by atoms with Crippen molar-refractivity contribution in [2.45, 2.75) is 13.0 Å². The van der Waals surface area contributed by atoms with Crippen molar-refractivity contribution < 1.29 is 13.2 Å². The number of rotatable bonds is 5. The van der Waals surface area contributed by atoms with E-state index in [0.29, 0.717) is 0 Å². The predicted octanol–water partition coefficient (Wildman–Crippen LogP) is -1.93. The maximum atomic E-state index is 11.1. The molecule has 0 aliphatic carbocycles. The lowest BCUT2D eigenvalue weighted by Crippen LogP contribution is -2.44. The van der Waals surface area contributed by atoms with Crippen LogP contribution < -0.4 is 16.2 Å². The maximum absolute atomic E-state index is 11.1. The number of carbonyl (C=O) groups is 1. The van der Waals surface area contributed by atoms with Crippen LogP contribution in [0.3, 0.4) is 0 Å². The number of nitrogens with two attached hydrogens (primary N) is 2. The molecule has 0 aliphatic heterocycles. The maximum Gasteiger partial charge on any atom is 0.235 e. The zero-order chi connectivity index (χ0) is 10.6. The van der Waals surface area contributed by atoms with Crippen molar-refractivity contribution in [1.29, 1.82) is 0 Å². The van der Waals surface area contributed by atoms with Gasteiger partial charge in [-0.3, -0.25) is 4.79 Å². The fourth-order valence-corrected chi connectivity index (χ4v) is 2.13. The van der Waals surface area contributed by atoms with Crippen LogP contribution in [0, 0.1) is 0 Å². The van der Waals surface area contributed by atoms with Crippen LogP contribution in [-0.4, -0.2) is 31.1 Å². The number of carbonyl (C=O) groups excluding carboxylic acids is 1. The second-order valence-electron chi connectivity index (χ2n) is 2.47. The Bertz CT molecular complexity index is 311. The SMILES string of the molecule is CC(NS(=O)(=O)CC(N)=S)C(N)=O. The second-order valence-corrected chi connectivity index (χ2v) is 4.75. The molecule has 0 aromatic carbocycles. The average molecular weight is 225 g/mol. The summed E-state index contributed by atoms with van der Waals surface area (Å²) < 4.78 is 24.2. The molecule has 0 spiro atoms. The van der Waals surface area contributed by atoms with E-state index in [2.05, 4.69) is 12.2 Å². The quantitative estimate of drug-likeness (QED) is 0.471. The number of sulfonamides is 1. The number of hydrogen-bond donors (Lipinski definition) is 3. The monoisotopic (exact) mass is 225 g/mol. The van der Waals surface area contributed by atoms with E-state index in [4.69, 9.17) is 11.5 Å². The molecule has 1 amide bonds. The Morgan fingerprint density at radius 3 is 2.31 bits per heavy atom. The lowest BCUT2D eigenvalue weighted by molar-refractivity contribution is -0.119. The van der Waals surface area contributed by atoms with Gasteiger partial charge >= 0.3 is 0 Å². The zero-order valence-electron chi connectivity index (χ0n) is 6.98. The number of nitrogens with one attached hydrogen (secondary N) is 1. The van der Waals surface area contributed by atoms with Gasteiger partial charge in [0.25, 0.3) is 0 Å². The highest BCUT2D eigenvalue weighted by molar-refractivity contribution is 7.92. The van der Waals surface area contributed by atoms with Crippen molar-refractivity contribution in [3.63, 3.8) is 0 Å². The van der Waals surface area contributed by atoms with Crippen LogP contribution >= 0.6 is 12.2 Å². The molecule has 76 valence electrons. The summed E-state index contributed by atoms with van der Waals surface area (Å²) in [5, 5.41) is 0. The summed E-state index contributed by atoms with van der Waals surface area (Å²) in [5.74, 6) is -1.24. The number of amides is 1. The van der Waals surface area contributed by atoms with Crippen LogP contribution in [0.2, 0.25) is 0 Å². The highest BCUT2D eigenvalue weighted by Gasteiger charge is 2.18. The fraction of sp³-hybridized carbons (Fsp3) is 0.600. The minimum atomic E-state index is -3.64. The summed E-state index contributed by atoms with van der Waals surface area (Å²) >= 11 is 4.40. The topological polar surface area (TPSA) is 115 Å². The van der Waals surface area contributed by atoms with Gasteiger partial charge in [-0.25, -0.2) is 13.1 Å². The van der Waals surface area contributed by atoms with E-state index >= 15 is 0 Å². The van der Waals surface area contributed by atoms with E-state index in [0.717, 1.165) is 0 Å². The molecular formula is C5H11N3O3S2. The smallest absolute Gasteiger partial charge is 0.235 e. The Labute approximate surface area is 81.7 Å². The summed E-state index contributed by atoms with van der Waals surface area (Å²) in [4.78, 5) is 10.3. The molecule has 0 bridgehead atoms. The van der Waals surface area contributed by atoms with Crippen molar-refractivity contribution in [2.75, 3.05) is 5.75 Å². The average Bonchev–Trinajstić information content (AvgIpc) is 1.81. The van der Waals surface area contributed by atoms with Gasteiger partial charge in [0.1, 0.15) is 5.75 Å². The Balaban J connectivity index is 4.35. The van der Waals surface area contributed by atoms with Gasteiger partial charge < -0.3 is 11.5 Å². The molecule has 0 rings (SSSR count). The molecule has 1 unspecified atom stereocenters. The number of thiocarbonyl (C=S) groups is 1. The molecule has 5 N–H and O–H groups in total. The minimum absolute atomic E-state index is 0.163. The Kier molecular flexibility index (Phi) is 4.24. The predicted molar refractivity (Wildman–Crippen MR) is 52.4 cm³/mol. The van der Waals surface area contributed by atoms with Crippen LogP contribution in [0.25, 0.3) is 0 Å². The molecule has 0 aliphatic rings. The highest BCUT2D eigenvalue weighted by Crippen LogP contribution is 1.88. The van der Waals surface area contributed by atoms with Gasteiger partial charge in [-0.1, -0.05) is 12.2 Å². The molecule has 6 nitrogen and oxygen atoms in total. The Morgan fingerprint density at radius 1 is 1.54 bits per heavy atom. The van der Waals surface area contributed by atoms with E-state index < -0.39 is 27.7 Å². The molecule has 0 saturated carbocycles. The highest BCUT2D eigenvalue weighted by atomic mass is 32.2. The summed E-state index contributed by atoms with van der Waals surface area (Å²) in [5.41, 5.74) is 9.87. The van der Waals surface area contributed by atoms with Gasteiger partial charge in [0.2, 0.25) is 15.9 Å². The Hall–Kier alpha value is -0.730. The first kappa shape index (κ1) is 12.3. The van der Waals surface area contributed by atoms with E-state index in [1.807, 2.05) is 4.72 Å². The van der Waals surface area contributed by atoms with Crippen molar-refractivity contribution in [1.82, 2.24) is 4.72 Å². The molecule has 0 aromatic rings. The van der Waals surface area contributed by atoms with E-state index in [1.165, 1.54) is 6.92 Å². The first-order chi connectivity index (χ1) is 5.74. The summed E-state index contributed by atoms with van der Waals surface area (Å²) in [7, 11) is -3.64. The number of primary amides is 1. The molecule has 0 aromatic heterocycles. The first-order valence-corrected chi connectivity index (χ1v) is 5.38. The van der Waals surface area contributed by atoms with Gasteiger partial charge in [-0.15, -0.1) is 0 Å². The second kappa shape index (κ2) is 4.49. The van der Waals surface area contributed by atoms with Crippen molar-refractivity contribution in [3.05, 3.63) is 0 Å². The standard InChI is InChI=1S/C5H11N3O3S2/c1-3(5(7)9)8-13(10,11)2-4(6)12/h3,8H,2H2,1H3,(H2,6,12)(H2,7,9). The van der Waals surface area contributed by atoms with Crippen LogP contribution in [0.4, 0.5) is 0 Å². The zero-order valence-corrected chi connectivity index (χ0v) is 8.61. The number of hydrogen-bond acceptors (Lipinski definition) is 4. The molecule has 0 fully saturated rings. The van der Waals surface area contributed by atoms with Crippen molar-refractivity contribution in [2.24, 2.45) is 11.5 Å². The van der Waals surface area contributed by atoms with E-state index in [1.54, 1.807) is 0 Å². The summed E-state index contributed by atoms with van der Waals surface area (Å²) in [6.07, 6.45) is 0. The summed E-state index contributed by atoms with van der Waals surface area (Å²) in [6, 6.07) is -0.959. The lowest BCUT2D eigenvalue weighted by Gasteiger charge is -2.09. The van der Waals surface area contributed by atoms with Gasteiger partial charge in [-0.2, -0.15) is 0 Å². The third-order valence-electron chi connectivity index (χ3n) is 1.12. The summed E-state index contributed by atoms with van der Waals surface area (Å²) in [6.45, 7) is 1.33. The third-order valence-corrected chi connectivity index (χ3v) is 2.85. The van der Waals surface area contributed by atoms with Crippen LogP contribution in [0.1, 0.15) is 6.92 Å². The molecule has 13 heavy (non-hydrogen) atoms. The molecule has 0 saturated heterocycles. The fourth-order valence-electron chi connectivity index (χ4n) is 0.556. The molecule has 0 heterocycles. The Morgan fingerprint density at radius 2 is 2.00 bits per heavy atom. The lowest BCUT2D eigenvalue weighted by atomic mass is 10.4. The van der Waals surface area contributed by atoms with Crippen LogP contribution in [-0.2, 0) is 14.8 Å². The van der Waals surface area contributed by atoms with Crippen LogP contribution in [0.5, 0.6) is 0 Å². The van der Waals surface area contributed by atoms with Crippen molar-refractivity contribution in [3.8, 4) is 0 Å². The van der Waals surface area contributed by atoms with Gasteiger partial charge in [0.15, 0.2) is 0 Å². The third kappa shape index (κ3) is 5.50. The minimum Gasteiger partial charge on any atom is -0.392 e. The molecule has 8 heteroatoms. The first-order valence-electron chi connectivity index (χ1n) is 3.32. The van der Waals surface area contributed by atoms with Gasteiger partial charge in [0, 0.05) is 0 Å². The molecule has 0 radical (unpaired) electrons. The van der Waals surface area contributed by atoms with Crippen molar-refractivity contribution >= 4 is 33.1 Å². The largest absolute Gasteiger partial charge is 0.392 e. The molecular weight excluding hydrogens is 214 g/mol. The van der Waals surface area contributed by atoms with Gasteiger partial charge in [-0.05, 0) is 6.92 Å².